The molecular weight excluding hydrogens is 245 g/mol. The van der Waals surface area contributed by atoms with E-state index in [-0.39, 0.29) is 12.2 Å². The summed E-state index contributed by atoms with van der Waals surface area (Å²) in [7, 11) is 1.53. The van der Waals surface area contributed by atoms with Gasteiger partial charge in [-0.25, -0.2) is 4.39 Å². The minimum atomic E-state index is -1.20. The summed E-state index contributed by atoms with van der Waals surface area (Å²) in [5.41, 5.74) is -0.144. The summed E-state index contributed by atoms with van der Waals surface area (Å²) in [5.74, 6) is 0.241. The number of aliphatic hydroxyl groups is 1. The van der Waals surface area contributed by atoms with Crippen LogP contribution in [0.5, 0.6) is 5.75 Å². The van der Waals surface area contributed by atoms with Gasteiger partial charge in [-0.1, -0.05) is 18.2 Å². The first-order valence-electron chi connectivity index (χ1n) is 5.98. The summed E-state index contributed by atoms with van der Waals surface area (Å²) in [5, 5.41) is 10.5. The molecule has 0 spiro atoms. The lowest BCUT2D eigenvalue weighted by molar-refractivity contribution is 0.0561. The van der Waals surface area contributed by atoms with E-state index in [1.54, 1.807) is 43.6 Å². The first-order chi connectivity index (χ1) is 9.03. The lowest BCUT2D eigenvalue weighted by Crippen LogP contribution is -2.25. The summed E-state index contributed by atoms with van der Waals surface area (Å²) in [4.78, 5) is 4.01. The van der Waals surface area contributed by atoms with E-state index in [0.29, 0.717) is 16.9 Å². The number of benzene rings is 1. The molecular formula is C15H16FNO2. The van der Waals surface area contributed by atoms with Crippen LogP contribution in [-0.4, -0.2) is 17.2 Å². The third-order valence-electron chi connectivity index (χ3n) is 3.06. The van der Waals surface area contributed by atoms with E-state index in [0.717, 1.165) is 0 Å². The van der Waals surface area contributed by atoms with Crippen LogP contribution in [0.25, 0.3) is 0 Å². The van der Waals surface area contributed by atoms with Gasteiger partial charge in [0.05, 0.1) is 18.9 Å². The van der Waals surface area contributed by atoms with Crippen LogP contribution in [0.2, 0.25) is 0 Å². The Hall–Kier alpha value is -1.94. The van der Waals surface area contributed by atoms with Crippen molar-refractivity contribution in [1.29, 1.82) is 0 Å². The number of aromatic nitrogens is 1. The quantitative estimate of drug-likeness (QED) is 0.920. The number of hydrogen-bond donors (Lipinski definition) is 1. The predicted molar refractivity (Wildman–Crippen MR) is 70.5 cm³/mol. The number of methoxy groups -OCH3 is 1. The molecule has 1 heterocycles. The molecule has 100 valence electrons. The van der Waals surface area contributed by atoms with Gasteiger partial charge >= 0.3 is 0 Å². The van der Waals surface area contributed by atoms with E-state index in [2.05, 4.69) is 4.98 Å². The maximum Gasteiger partial charge on any atom is 0.137 e. The molecule has 0 saturated heterocycles. The molecule has 0 amide bonds. The molecule has 2 aromatic rings. The smallest absolute Gasteiger partial charge is 0.137 e. The van der Waals surface area contributed by atoms with Crippen molar-refractivity contribution in [2.75, 3.05) is 7.11 Å². The van der Waals surface area contributed by atoms with Crippen molar-refractivity contribution in [3.63, 3.8) is 0 Å². The Morgan fingerprint density at radius 2 is 2.05 bits per heavy atom. The van der Waals surface area contributed by atoms with E-state index in [1.165, 1.54) is 13.2 Å². The highest BCUT2D eigenvalue weighted by molar-refractivity contribution is 5.30. The number of ether oxygens (including phenoxy) is 1. The van der Waals surface area contributed by atoms with Crippen molar-refractivity contribution in [2.24, 2.45) is 0 Å². The third kappa shape index (κ3) is 3.09. The maximum atomic E-state index is 13.6. The predicted octanol–water partition coefficient (Wildman–Crippen LogP) is 2.68. The molecule has 1 unspecified atom stereocenters. The molecule has 1 aromatic heterocycles. The van der Waals surface area contributed by atoms with Crippen LogP contribution in [-0.2, 0) is 12.0 Å². The lowest BCUT2D eigenvalue weighted by Gasteiger charge is -2.24. The van der Waals surface area contributed by atoms with Gasteiger partial charge in [-0.3, -0.25) is 4.98 Å². The Bertz CT molecular complexity index is 570. The van der Waals surface area contributed by atoms with Gasteiger partial charge in [0.1, 0.15) is 11.6 Å². The molecule has 0 aliphatic rings. The number of halogens is 1. The lowest BCUT2D eigenvalue weighted by atomic mass is 9.90. The highest BCUT2D eigenvalue weighted by Crippen LogP contribution is 2.27. The molecule has 2 rings (SSSR count). The van der Waals surface area contributed by atoms with Crippen molar-refractivity contribution in [3.8, 4) is 5.75 Å². The van der Waals surface area contributed by atoms with Crippen LogP contribution >= 0.6 is 0 Å². The molecule has 0 aliphatic carbocycles. The molecule has 1 atom stereocenters. The molecule has 0 saturated carbocycles. The van der Waals surface area contributed by atoms with Gasteiger partial charge in [-0.15, -0.1) is 0 Å². The van der Waals surface area contributed by atoms with Gasteiger partial charge in [-0.05, 0) is 24.6 Å². The summed E-state index contributed by atoms with van der Waals surface area (Å²) in [6, 6.07) is 8.12. The summed E-state index contributed by atoms with van der Waals surface area (Å²) in [6.07, 6.45) is 3.29. The monoisotopic (exact) mass is 261 g/mol. The number of pyridine rings is 1. The van der Waals surface area contributed by atoms with Gasteiger partial charge in [0.2, 0.25) is 0 Å². The second-order valence-corrected chi connectivity index (χ2v) is 4.66. The van der Waals surface area contributed by atoms with Gasteiger partial charge in [0.15, 0.2) is 0 Å². The van der Waals surface area contributed by atoms with Crippen LogP contribution < -0.4 is 4.74 Å². The molecule has 19 heavy (non-hydrogen) atoms. The molecule has 4 heteroatoms. The van der Waals surface area contributed by atoms with Crippen molar-refractivity contribution >= 4 is 0 Å². The third-order valence-corrected chi connectivity index (χ3v) is 3.06. The Morgan fingerprint density at radius 1 is 1.32 bits per heavy atom. The van der Waals surface area contributed by atoms with Crippen LogP contribution in [0, 0.1) is 5.82 Å². The Balaban J connectivity index is 2.29. The second-order valence-electron chi connectivity index (χ2n) is 4.66. The van der Waals surface area contributed by atoms with E-state index >= 15 is 0 Å². The first kappa shape index (κ1) is 13.5. The van der Waals surface area contributed by atoms with Crippen molar-refractivity contribution in [2.45, 2.75) is 18.9 Å². The van der Waals surface area contributed by atoms with Gasteiger partial charge in [0.25, 0.3) is 0 Å². The normalized spacial score (nSPS) is 13.9. The molecule has 3 nitrogen and oxygen atoms in total. The van der Waals surface area contributed by atoms with Crippen molar-refractivity contribution < 1.29 is 14.2 Å². The minimum absolute atomic E-state index is 0.175. The molecule has 0 radical (unpaired) electrons. The standard InChI is InChI=1S/C15H16FNO2/c1-15(18,8-11-5-3-4-6-14(11)16)12-7-13(19-2)10-17-9-12/h3-7,9-10,18H,8H2,1-2H3. The summed E-state index contributed by atoms with van der Waals surface area (Å²) >= 11 is 0. The van der Waals surface area contributed by atoms with Gasteiger partial charge < -0.3 is 9.84 Å². The Labute approximate surface area is 111 Å². The fourth-order valence-electron chi connectivity index (χ4n) is 1.94. The van der Waals surface area contributed by atoms with Crippen LogP contribution in [0.1, 0.15) is 18.1 Å². The van der Waals surface area contributed by atoms with Crippen LogP contribution in [0.15, 0.2) is 42.7 Å². The van der Waals surface area contributed by atoms with Gasteiger partial charge in [-0.2, -0.15) is 0 Å². The zero-order chi connectivity index (χ0) is 13.9. The average molecular weight is 261 g/mol. The van der Waals surface area contributed by atoms with E-state index < -0.39 is 5.60 Å². The SMILES string of the molecule is COc1cncc(C(C)(O)Cc2ccccc2F)c1. The van der Waals surface area contributed by atoms with Crippen molar-refractivity contribution in [1.82, 2.24) is 4.98 Å². The van der Waals surface area contributed by atoms with E-state index in [4.69, 9.17) is 4.74 Å². The Kier molecular flexibility index (Phi) is 3.81. The number of rotatable bonds is 4. The van der Waals surface area contributed by atoms with Gasteiger partial charge in [0, 0.05) is 18.2 Å². The molecule has 1 aromatic carbocycles. The highest BCUT2D eigenvalue weighted by atomic mass is 19.1. The molecule has 1 N–H and O–H groups in total. The minimum Gasteiger partial charge on any atom is -0.495 e. The largest absolute Gasteiger partial charge is 0.495 e. The summed E-state index contributed by atoms with van der Waals surface area (Å²) in [6.45, 7) is 1.63. The van der Waals surface area contributed by atoms with E-state index in [1.807, 2.05) is 0 Å². The molecule has 0 aliphatic heterocycles. The number of hydrogen-bond acceptors (Lipinski definition) is 3. The van der Waals surface area contributed by atoms with E-state index in [9.17, 15) is 9.50 Å². The topological polar surface area (TPSA) is 42.4 Å². The number of nitrogens with zero attached hydrogens (tertiary/aromatic N) is 1. The van der Waals surface area contributed by atoms with Crippen LogP contribution in [0.3, 0.4) is 0 Å². The zero-order valence-corrected chi connectivity index (χ0v) is 10.9. The molecule has 0 fully saturated rings. The first-order valence-corrected chi connectivity index (χ1v) is 5.98. The highest BCUT2D eigenvalue weighted by Gasteiger charge is 2.25. The zero-order valence-electron chi connectivity index (χ0n) is 10.9. The molecule has 0 bridgehead atoms. The van der Waals surface area contributed by atoms with Crippen molar-refractivity contribution in [3.05, 3.63) is 59.7 Å². The Morgan fingerprint density at radius 3 is 2.74 bits per heavy atom. The maximum absolute atomic E-state index is 13.6. The average Bonchev–Trinajstić information content (AvgIpc) is 2.41. The summed E-state index contributed by atoms with van der Waals surface area (Å²) < 4.78 is 18.7. The second kappa shape index (κ2) is 5.36. The van der Waals surface area contributed by atoms with Crippen LogP contribution in [0.4, 0.5) is 4.39 Å². The fourth-order valence-corrected chi connectivity index (χ4v) is 1.94. The fraction of sp³-hybridized carbons (Fsp3) is 0.267.